The predicted octanol–water partition coefficient (Wildman–Crippen LogP) is 5.35. The quantitative estimate of drug-likeness (QED) is 0.685. The van der Waals surface area contributed by atoms with Crippen LogP contribution in [0.5, 0.6) is 11.5 Å². The van der Waals surface area contributed by atoms with E-state index in [1.807, 2.05) is 31.2 Å². The van der Waals surface area contributed by atoms with Gasteiger partial charge in [-0.25, -0.2) is 0 Å². The first kappa shape index (κ1) is 18.2. The van der Waals surface area contributed by atoms with E-state index in [2.05, 4.69) is 6.92 Å². The molecule has 0 fully saturated rings. The van der Waals surface area contributed by atoms with Crippen molar-refractivity contribution >= 4 is 11.4 Å². The fourth-order valence-corrected chi connectivity index (χ4v) is 3.48. The average Bonchev–Trinajstić information content (AvgIpc) is 2.65. The molecule has 0 saturated carbocycles. The number of fused-ring (bicyclic) bond motifs is 1. The number of ketones is 1. The smallest absolute Gasteiger partial charge is 0.186 e. The van der Waals surface area contributed by atoms with Gasteiger partial charge < -0.3 is 9.84 Å². The van der Waals surface area contributed by atoms with E-state index in [-0.39, 0.29) is 11.5 Å². The van der Waals surface area contributed by atoms with Gasteiger partial charge in [0, 0.05) is 5.56 Å². The minimum atomic E-state index is 0.0100. The normalized spacial score (nSPS) is 13.3. The molecule has 136 valence electrons. The van der Waals surface area contributed by atoms with Crippen molar-refractivity contribution in [3.8, 4) is 11.5 Å². The third-order valence-electron chi connectivity index (χ3n) is 4.94. The van der Waals surface area contributed by atoms with E-state index in [4.69, 9.17) is 4.74 Å². The maximum absolute atomic E-state index is 12.5. The molecular formula is C23H26O3. The number of unbranched alkanes of at least 4 members (excludes halogenated alkanes) is 2. The second kappa shape index (κ2) is 8.22. The Labute approximate surface area is 155 Å². The molecule has 26 heavy (non-hydrogen) atoms. The van der Waals surface area contributed by atoms with E-state index in [1.165, 1.54) is 12.8 Å². The number of allylic oxidation sites excluding steroid dienone is 2. The van der Waals surface area contributed by atoms with E-state index < -0.39 is 0 Å². The van der Waals surface area contributed by atoms with Crippen molar-refractivity contribution in [2.45, 2.75) is 46.0 Å². The maximum atomic E-state index is 12.5. The number of rotatable bonds is 7. The van der Waals surface area contributed by atoms with Crippen LogP contribution >= 0.6 is 0 Å². The van der Waals surface area contributed by atoms with Crippen LogP contribution in [0, 0.1) is 0 Å². The molecule has 2 aromatic carbocycles. The molecule has 3 rings (SSSR count). The Morgan fingerprint density at radius 3 is 2.50 bits per heavy atom. The number of phenolic OH excluding ortho intramolecular Hbond substituents is 1. The number of aromatic hydroxyl groups is 1. The summed E-state index contributed by atoms with van der Waals surface area (Å²) < 4.78 is 5.76. The summed E-state index contributed by atoms with van der Waals surface area (Å²) in [4.78, 5) is 12.5. The zero-order chi connectivity index (χ0) is 18.5. The number of carbonyl (C=O) groups is 1. The Hall–Kier alpha value is -2.55. The van der Waals surface area contributed by atoms with Crippen LogP contribution in [-0.2, 0) is 12.8 Å². The van der Waals surface area contributed by atoms with Crippen molar-refractivity contribution in [3.63, 3.8) is 0 Å². The summed E-state index contributed by atoms with van der Waals surface area (Å²) in [6.07, 6.45) is 6.52. The van der Waals surface area contributed by atoms with Crippen LogP contribution in [0.2, 0.25) is 0 Å². The lowest BCUT2D eigenvalue weighted by atomic mass is 9.84. The summed E-state index contributed by atoms with van der Waals surface area (Å²) in [6.45, 7) is 4.92. The van der Waals surface area contributed by atoms with Gasteiger partial charge in [-0.1, -0.05) is 38.8 Å². The van der Waals surface area contributed by atoms with Gasteiger partial charge in [0.05, 0.1) is 6.61 Å². The van der Waals surface area contributed by atoms with Crippen LogP contribution in [0.15, 0.2) is 42.5 Å². The van der Waals surface area contributed by atoms with Gasteiger partial charge >= 0.3 is 0 Å². The number of hydrogen-bond acceptors (Lipinski definition) is 3. The summed E-state index contributed by atoms with van der Waals surface area (Å²) >= 11 is 0. The Balaban J connectivity index is 1.78. The molecule has 0 radical (unpaired) electrons. The molecule has 1 N–H and O–H groups in total. The largest absolute Gasteiger partial charge is 0.508 e. The molecule has 0 aromatic heterocycles. The summed E-state index contributed by atoms with van der Waals surface area (Å²) in [5.74, 6) is 1.15. The third kappa shape index (κ3) is 3.82. The van der Waals surface area contributed by atoms with Gasteiger partial charge in [-0.3, -0.25) is 4.79 Å². The minimum Gasteiger partial charge on any atom is -0.508 e. The zero-order valence-electron chi connectivity index (χ0n) is 15.5. The fourth-order valence-electron chi connectivity index (χ4n) is 3.48. The molecule has 3 heteroatoms. The highest BCUT2D eigenvalue weighted by atomic mass is 16.5. The van der Waals surface area contributed by atoms with Gasteiger partial charge in [0.2, 0.25) is 0 Å². The highest BCUT2D eigenvalue weighted by Crippen LogP contribution is 2.34. The van der Waals surface area contributed by atoms with Crippen molar-refractivity contribution in [2.24, 2.45) is 0 Å². The molecule has 0 saturated heterocycles. The van der Waals surface area contributed by atoms with E-state index in [9.17, 15) is 9.90 Å². The van der Waals surface area contributed by atoms with Crippen LogP contribution in [0.1, 0.15) is 60.2 Å². The van der Waals surface area contributed by atoms with E-state index >= 15 is 0 Å². The first-order valence-electron chi connectivity index (χ1n) is 9.45. The maximum Gasteiger partial charge on any atom is 0.186 e. The molecule has 3 nitrogen and oxygen atoms in total. The zero-order valence-corrected chi connectivity index (χ0v) is 15.5. The topological polar surface area (TPSA) is 46.5 Å². The molecule has 0 atom stereocenters. The summed E-state index contributed by atoms with van der Waals surface area (Å²) in [5.41, 5.74) is 4.54. The monoisotopic (exact) mass is 350 g/mol. The lowest BCUT2D eigenvalue weighted by Crippen LogP contribution is -2.12. The Bertz CT molecular complexity index is 816. The number of carbonyl (C=O) groups excluding carboxylic acids is 1. The van der Waals surface area contributed by atoms with Gasteiger partial charge in [0.25, 0.3) is 0 Å². The third-order valence-corrected chi connectivity index (χ3v) is 4.94. The Kier molecular flexibility index (Phi) is 5.77. The summed E-state index contributed by atoms with van der Waals surface area (Å²) in [5, 5.41) is 10.1. The lowest BCUT2D eigenvalue weighted by molar-refractivity contribution is 0.104. The van der Waals surface area contributed by atoms with E-state index in [0.29, 0.717) is 18.4 Å². The SMILES string of the molecule is CCCCCOc1ccc(C2=CC(=O)c3ccc(O)c(CC)c3C2)cc1. The number of phenols is 1. The van der Waals surface area contributed by atoms with Gasteiger partial charge in [0.1, 0.15) is 11.5 Å². The Morgan fingerprint density at radius 2 is 1.81 bits per heavy atom. The van der Waals surface area contributed by atoms with Crippen LogP contribution in [0.4, 0.5) is 0 Å². The van der Waals surface area contributed by atoms with Crippen LogP contribution < -0.4 is 4.74 Å². The molecule has 1 aliphatic rings. The Morgan fingerprint density at radius 1 is 1.04 bits per heavy atom. The fraction of sp³-hybridized carbons (Fsp3) is 0.348. The van der Waals surface area contributed by atoms with Gasteiger partial charge in [0.15, 0.2) is 5.78 Å². The van der Waals surface area contributed by atoms with E-state index in [0.717, 1.165) is 41.0 Å². The first-order chi connectivity index (χ1) is 12.6. The van der Waals surface area contributed by atoms with E-state index in [1.54, 1.807) is 18.2 Å². The number of benzene rings is 2. The highest BCUT2D eigenvalue weighted by Gasteiger charge is 2.22. The number of ether oxygens (including phenoxy) is 1. The van der Waals surface area contributed by atoms with Crippen molar-refractivity contribution in [1.29, 1.82) is 0 Å². The molecule has 0 unspecified atom stereocenters. The average molecular weight is 350 g/mol. The molecule has 0 aliphatic heterocycles. The molecule has 0 amide bonds. The predicted molar refractivity (Wildman–Crippen MR) is 105 cm³/mol. The molecular weight excluding hydrogens is 324 g/mol. The van der Waals surface area contributed by atoms with Crippen LogP contribution in [0.3, 0.4) is 0 Å². The van der Waals surface area contributed by atoms with Crippen molar-refractivity contribution in [2.75, 3.05) is 6.61 Å². The van der Waals surface area contributed by atoms with Gasteiger partial charge in [-0.2, -0.15) is 0 Å². The van der Waals surface area contributed by atoms with Crippen LogP contribution in [0.25, 0.3) is 5.57 Å². The number of hydrogen-bond donors (Lipinski definition) is 1. The standard InChI is InChI=1S/C23H26O3/c1-3-5-6-13-26-18-9-7-16(8-10-18)17-14-21-19(4-2)22(24)12-11-20(21)23(25)15-17/h7-12,15,24H,3-6,13-14H2,1-2H3. The highest BCUT2D eigenvalue weighted by molar-refractivity contribution is 6.12. The summed E-state index contributed by atoms with van der Waals surface area (Å²) in [7, 11) is 0. The first-order valence-corrected chi connectivity index (χ1v) is 9.45. The van der Waals surface area contributed by atoms with Crippen molar-refractivity contribution in [3.05, 3.63) is 64.7 Å². The molecule has 0 bridgehead atoms. The molecule has 1 aliphatic carbocycles. The van der Waals surface area contributed by atoms with Gasteiger partial charge in [-0.15, -0.1) is 0 Å². The van der Waals surface area contributed by atoms with Crippen LogP contribution in [-0.4, -0.2) is 17.5 Å². The second-order valence-electron chi connectivity index (χ2n) is 6.73. The van der Waals surface area contributed by atoms with Crippen molar-refractivity contribution < 1.29 is 14.6 Å². The molecule has 2 aromatic rings. The summed E-state index contributed by atoms with van der Waals surface area (Å²) in [6, 6.07) is 11.3. The second-order valence-corrected chi connectivity index (χ2v) is 6.73. The molecule has 0 heterocycles. The van der Waals surface area contributed by atoms with Crippen molar-refractivity contribution in [1.82, 2.24) is 0 Å². The van der Waals surface area contributed by atoms with Gasteiger partial charge in [-0.05, 0) is 71.9 Å². The minimum absolute atomic E-state index is 0.0100. The molecule has 0 spiro atoms. The lowest BCUT2D eigenvalue weighted by Gasteiger charge is -2.20.